The highest BCUT2D eigenvalue weighted by atomic mass is 16.5. The zero-order chi connectivity index (χ0) is 13.8. The van der Waals surface area contributed by atoms with Crippen molar-refractivity contribution in [2.45, 2.75) is 31.8 Å². The molecular weight excluding hydrogens is 246 g/mol. The van der Waals surface area contributed by atoms with Crippen molar-refractivity contribution < 1.29 is 4.74 Å². The van der Waals surface area contributed by atoms with Crippen LogP contribution in [0.5, 0.6) is 5.75 Å². The number of ether oxygens (including phenoxy) is 1. The minimum atomic E-state index is 0.575. The number of fused-ring (bicyclic) bond motifs is 1. The summed E-state index contributed by atoms with van der Waals surface area (Å²) in [5, 5.41) is 6.09. The van der Waals surface area contributed by atoms with Crippen molar-refractivity contribution in [3.8, 4) is 18.1 Å². The fraction of sp³-hybridized carbons (Fsp3) is 0.333. The van der Waals surface area contributed by atoms with E-state index in [1.54, 1.807) is 0 Å². The van der Waals surface area contributed by atoms with E-state index in [1.165, 1.54) is 29.2 Å². The Balaban J connectivity index is 1.89. The number of nitrogens with one attached hydrogen (secondary N) is 1. The maximum atomic E-state index is 5.86. The summed E-state index contributed by atoms with van der Waals surface area (Å²) >= 11 is 0. The first kappa shape index (κ1) is 13.0. The summed E-state index contributed by atoms with van der Waals surface area (Å²) in [5.41, 5.74) is 1.24. The fourth-order valence-corrected chi connectivity index (χ4v) is 2.39. The quantitative estimate of drug-likeness (QED) is 0.637. The van der Waals surface area contributed by atoms with Crippen LogP contribution in [-0.2, 0) is 6.54 Å². The topological polar surface area (TPSA) is 21.3 Å². The first-order valence-corrected chi connectivity index (χ1v) is 7.19. The van der Waals surface area contributed by atoms with Crippen molar-refractivity contribution in [2.24, 2.45) is 0 Å². The van der Waals surface area contributed by atoms with E-state index in [9.17, 15) is 0 Å². The number of terminal acetylenes is 1. The van der Waals surface area contributed by atoms with Gasteiger partial charge >= 0.3 is 0 Å². The zero-order valence-electron chi connectivity index (χ0n) is 11.6. The molecule has 2 heteroatoms. The summed E-state index contributed by atoms with van der Waals surface area (Å²) in [7, 11) is 0. The smallest absolute Gasteiger partial charge is 0.124 e. The van der Waals surface area contributed by atoms with Crippen LogP contribution in [0.4, 0.5) is 0 Å². The molecule has 3 rings (SSSR count). The predicted molar refractivity (Wildman–Crippen MR) is 82.8 cm³/mol. The number of benzene rings is 2. The SMILES string of the molecule is C#CCCOc1ccc2ccccc2c1CNC1CC1. The lowest BCUT2D eigenvalue weighted by atomic mass is 10.0. The second-order valence-corrected chi connectivity index (χ2v) is 5.22. The Morgan fingerprint density at radius 1 is 1.20 bits per heavy atom. The third-order valence-corrected chi connectivity index (χ3v) is 3.65. The first-order valence-electron chi connectivity index (χ1n) is 7.19. The van der Waals surface area contributed by atoms with Crippen LogP contribution in [0, 0.1) is 12.3 Å². The van der Waals surface area contributed by atoms with Gasteiger partial charge in [-0.25, -0.2) is 0 Å². The van der Waals surface area contributed by atoms with E-state index >= 15 is 0 Å². The summed E-state index contributed by atoms with van der Waals surface area (Å²) in [6, 6.07) is 13.3. The molecule has 0 saturated heterocycles. The number of hydrogen-bond acceptors (Lipinski definition) is 2. The lowest BCUT2D eigenvalue weighted by Gasteiger charge is -2.14. The highest BCUT2D eigenvalue weighted by molar-refractivity contribution is 5.87. The molecule has 1 N–H and O–H groups in total. The van der Waals surface area contributed by atoms with Crippen molar-refractivity contribution in [3.63, 3.8) is 0 Å². The molecule has 0 bridgehead atoms. The van der Waals surface area contributed by atoms with Crippen molar-refractivity contribution in [1.82, 2.24) is 5.32 Å². The molecule has 0 unspecified atom stereocenters. The van der Waals surface area contributed by atoms with E-state index in [-0.39, 0.29) is 0 Å². The molecule has 0 heterocycles. The van der Waals surface area contributed by atoms with Gasteiger partial charge in [0.1, 0.15) is 5.75 Å². The molecule has 0 radical (unpaired) electrons. The van der Waals surface area contributed by atoms with Gasteiger partial charge in [0.05, 0.1) is 6.61 Å². The average Bonchev–Trinajstić information content (AvgIpc) is 3.30. The highest BCUT2D eigenvalue weighted by Gasteiger charge is 2.21. The van der Waals surface area contributed by atoms with Crippen LogP contribution in [-0.4, -0.2) is 12.6 Å². The molecule has 1 aliphatic carbocycles. The van der Waals surface area contributed by atoms with Crippen LogP contribution < -0.4 is 10.1 Å². The maximum Gasteiger partial charge on any atom is 0.124 e. The Kier molecular flexibility index (Phi) is 3.90. The summed E-state index contributed by atoms with van der Waals surface area (Å²) < 4.78 is 5.86. The maximum absolute atomic E-state index is 5.86. The summed E-state index contributed by atoms with van der Waals surface area (Å²) in [6.45, 7) is 1.43. The third kappa shape index (κ3) is 2.95. The summed E-state index contributed by atoms with van der Waals surface area (Å²) in [4.78, 5) is 0. The molecular formula is C18H19NO. The fourth-order valence-electron chi connectivity index (χ4n) is 2.39. The third-order valence-electron chi connectivity index (χ3n) is 3.65. The van der Waals surface area contributed by atoms with Gasteiger partial charge in [0.15, 0.2) is 0 Å². The molecule has 0 aromatic heterocycles. The lowest BCUT2D eigenvalue weighted by Crippen LogP contribution is -2.16. The molecule has 0 aliphatic heterocycles. The molecule has 1 aliphatic rings. The highest BCUT2D eigenvalue weighted by Crippen LogP contribution is 2.29. The molecule has 2 nitrogen and oxygen atoms in total. The zero-order valence-corrected chi connectivity index (χ0v) is 11.6. The van der Waals surface area contributed by atoms with Crippen LogP contribution >= 0.6 is 0 Å². The van der Waals surface area contributed by atoms with Crippen LogP contribution in [0.1, 0.15) is 24.8 Å². The van der Waals surface area contributed by atoms with E-state index < -0.39 is 0 Å². The van der Waals surface area contributed by atoms with E-state index in [0.717, 1.165) is 12.3 Å². The van der Waals surface area contributed by atoms with Crippen LogP contribution in [0.2, 0.25) is 0 Å². The molecule has 2 aromatic carbocycles. The van der Waals surface area contributed by atoms with Gasteiger partial charge in [0, 0.05) is 24.6 Å². The van der Waals surface area contributed by atoms with E-state index in [4.69, 9.17) is 11.2 Å². The van der Waals surface area contributed by atoms with Gasteiger partial charge in [-0.1, -0.05) is 30.3 Å². The van der Waals surface area contributed by atoms with Crippen molar-refractivity contribution >= 4 is 10.8 Å². The van der Waals surface area contributed by atoms with E-state index in [0.29, 0.717) is 19.1 Å². The minimum absolute atomic E-state index is 0.575. The predicted octanol–water partition coefficient (Wildman–Crippen LogP) is 3.49. The molecule has 0 amide bonds. The van der Waals surface area contributed by atoms with E-state index in [1.807, 2.05) is 0 Å². The lowest BCUT2D eigenvalue weighted by molar-refractivity contribution is 0.323. The largest absolute Gasteiger partial charge is 0.492 e. The average molecular weight is 265 g/mol. The Hall–Kier alpha value is -1.98. The van der Waals surface area contributed by atoms with Crippen molar-refractivity contribution in [1.29, 1.82) is 0 Å². The van der Waals surface area contributed by atoms with Gasteiger partial charge < -0.3 is 10.1 Å². The van der Waals surface area contributed by atoms with Gasteiger partial charge in [-0.3, -0.25) is 0 Å². The monoisotopic (exact) mass is 265 g/mol. The number of hydrogen-bond donors (Lipinski definition) is 1. The molecule has 0 spiro atoms. The minimum Gasteiger partial charge on any atom is -0.492 e. The second-order valence-electron chi connectivity index (χ2n) is 5.22. The normalized spacial score (nSPS) is 14.2. The van der Waals surface area contributed by atoms with Gasteiger partial charge in [0.2, 0.25) is 0 Å². The van der Waals surface area contributed by atoms with Crippen molar-refractivity contribution in [2.75, 3.05) is 6.61 Å². The Morgan fingerprint density at radius 3 is 2.85 bits per heavy atom. The van der Waals surface area contributed by atoms with Gasteiger partial charge in [-0.2, -0.15) is 0 Å². The summed E-state index contributed by atoms with van der Waals surface area (Å²) in [5.74, 6) is 3.57. The standard InChI is InChI=1S/C18H19NO/c1-2-3-12-20-18-11-8-14-6-4-5-7-16(14)17(18)13-19-15-9-10-15/h1,4-8,11,15,19H,3,9-10,12-13H2. The van der Waals surface area contributed by atoms with Gasteiger partial charge in [-0.15, -0.1) is 12.3 Å². The molecule has 2 aromatic rings. The van der Waals surface area contributed by atoms with E-state index in [2.05, 4.69) is 47.6 Å². The molecule has 102 valence electrons. The van der Waals surface area contributed by atoms with Gasteiger partial charge in [-0.05, 0) is 29.7 Å². The second kappa shape index (κ2) is 5.98. The first-order chi connectivity index (χ1) is 9.88. The molecule has 1 fully saturated rings. The molecule has 20 heavy (non-hydrogen) atoms. The van der Waals surface area contributed by atoms with Crippen LogP contribution in [0.3, 0.4) is 0 Å². The van der Waals surface area contributed by atoms with Gasteiger partial charge in [0.25, 0.3) is 0 Å². The number of rotatable bonds is 6. The Bertz CT molecular complexity index is 637. The van der Waals surface area contributed by atoms with Crippen LogP contribution in [0.25, 0.3) is 10.8 Å². The van der Waals surface area contributed by atoms with Crippen LogP contribution in [0.15, 0.2) is 36.4 Å². The molecule has 0 atom stereocenters. The Labute approximate surface area is 120 Å². The van der Waals surface area contributed by atoms with Crippen molar-refractivity contribution in [3.05, 3.63) is 42.0 Å². The summed E-state index contributed by atoms with van der Waals surface area (Å²) in [6.07, 6.45) is 8.51. The Morgan fingerprint density at radius 2 is 2.05 bits per heavy atom. The molecule has 1 saturated carbocycles.